The van der Waals surface area contributed by atoms with Crippen molar-refractivity contribution in [1.29, 1.82) is 0 Å². The fourth-order valence-electron chi connectivity index (χ4n) is 2.83. The molecule has 0 radical (unpaired) electrons. The molecule has 1 aromatic rings. The van der Waals surface area contributed by atoms with Crippen LogP contribution in [0.3, 0.4) is 0 Å². The molecule has 0 atom stereocenters. The zero-order valence-electron chi connectivity index (χ0n) is 13.1. The van der Waals surface area contributed by atoms with Crippen LogP contribution in [0.5, 0.6) is 0 Å². The van der Waals surface area contributed by atoms with E-state index < -0.39 is 0 Å². The number of aromatic nitrogens is 2. The van der Waals surface area contributed by atoms with Gasteiger partial charge < -0.3 is 9.80 Å². The molecule has 0 aromatic carbocycles. The molecular formula is C15H24N4O2. The lowest BCUT2D eigenvalue weighted by Gasteiger charge is -2.32. The number of H-pyrrole nitrogens is 1. The lowest BCUT2D eigenvalue weighted by molar-refractivity contribution is -0.133. The highest BCUT2D eigenvalue weighted by molar-refractivity contribution is 5.97. The van der Waals surface area contributed by atoms with Gasteiger partial charge >= 0.3 is 0 Å². The summed E-state index contributed by atoms with van der Waals surface area (Å²) in [6.45, 7) is 1.90. The lowest BCUT2D eigenvalue weighted by atomic mass is 9.94. The molecule has 1 aliphatic rings. The van der Waals surface area contributed by atoms with Crippen molar-refractivity contribution in [2.45, 2.75) is 45.1 Å². The average molecular weight is 292 g/mol. The second kappa shape index (κ2) is 6.74. The monoisotopic (exact) mass is 292 g/mol. The Labute approximate surface area is 125 Å². The third-order valence-corrected chi connectivity index (χ3v) is 4.30. The number of hydrogen-bond donors (Lipinski definition) is 1. The van der Waals surface area contributed by atoms with Crippen LogP contribution in [0, 0.1) is 6.92 Å². The van der Waals surface area contributed by atoms with Gasteiger partial charge in [-0.25, -0.2) is 0 Å². The Kier molecular flexibility index (Phi) is 4.98. The number of hydrogen-bond acceptors (Lipinski definition) is 3. The van der Waals surface area contributed by atoms with Crippen LogP contribution in [0.2, 0.25) is 0 Å². The number of rotatable bonds is 4. The molecule has 0 aliphatic heterocycles. The smallest absolute Gasteiger partial charge is 0.257 e. The minimum absolute atomic E-state index is 0.00102. The van der Waals surface area contributed by atoms with Gasteiger partial charge in [-0.05, 0) is 19.8 Å². The van der Waals surface area contributed by atoms with E-state index in [9.17, 15) is 9.59 Å². The van der Waals surface area contributed by atoms with Crippen LogP contribution >= 0.6 is 0 Å². The van der Waals surface area contributed by atoms with Gasteiger partial charge in [0.2, 0.25) is 5.91 Å². The quantitative estimate of drug-likeness (QED) is 0.916. The molecule has 6 nitrogen and oxygen atoms in total. The number of amides is 2. The number of nitrogens with one attached hydrogen (secondary N) is 1. The summed E-state index contributed by atoms with van der Waals surface area (Å²) in [5, 5.41) is 6.58. The molecule has 1 aliphatic carbocycles. The molecule has 0 saturated heterocycles. The van der Waals surface area contributed by atoms with Crippen LogP contribution in [0.4, 0.5) is 0 Å². The van der Waals surface area contributed by atoms with Crippen molar-refractivity contribution < 1.29 is 9.59 Å². The van der Waals surface area contributed by atoms with Crippen molar-refractivity contribution in [3.8, 4) is 0 Å². The predicted molar refractivity (Wildman–Crippen MR) is 79.9 cm³/mol. The maximum atomic E-state index is 12.3. The van der Waals surface area contributed by atoms with E-state index in [1.165, 1.54) is 30.4 Å². The summed E-state index contributed by atoms with van der Waals surface area (Å²) >= 11 is 0. The first-order valence-corrected chi connectivity index (χ1v) is 7.51. The van der Waals surface area contributed by atoms with E-state index in [1.807, 2.05) is 11.9 Å². The highest BCUT2D eigenvalue weighted by Crippen LogP contribution is 2.21. The van der Waals surface area contributed by atoms with Crippen LogP contribution in [0.25, 0.3) is 0 Å². The van der Waals surface area contributed by atoms with Crippen LogP contribution in [-0.2, 0) is 4.79 Å². The maximum absolute atomic E-state index is 12.3. The van der Waals surface area contributed by atoms with E-state index in [4.69, 9.17) is 0 Å². The summed E-state index contributed by atoms with van der Waals surface area (Å²) in [7, 11) is 3.50. The first kappa shape index (κ1) is 15.5. The highest BCUT2D eigenvalue weighted by atomic mass is 16.2. The van der Waals surface area contributed by atoms with Crippen LogP contribution in [0.1, 0.15) is 48.2 Å². The van der Waals surface area contributed by atoms with E-state index >= 15 is 0 Å². The van der Waals surface area contributed by atoms with E-state index in [0.717, 1.165) is 18.5 Å². The summed E-state index contributed by atoms with van der Waals surface area (Å²) in [5.74, 6) is -0.175. The summed E-state index contributed by atoms with van der Waals surface area (Å²) in [4.78, 5) is 27.8. The average Bonchev–Trinajstić information content (AvgIpc) is 2.92. The van der Waals surface area contributed by atoms with Gasteiger partial charge in [-0.2, -0.15) is 5.10 Å². The van der Waals surface area contributed by atoms with Crippen molar-refractivity contribution in [3.63, 3.8) is 0 Å². The number of carbonyl (C=O) groups excluding carboxylic acids is 2. The van der Waals surface area contributed by atoms with Crippen molar-refractivity contribution in [3.05, 3.63) is 17.5 Å². The Morgan fingerprint density at radius 1 is 1.29 bits per heavy atom. The van der Waals surface area contributed by atoms with E-state index in [1.54, 1.807) is 14.0 Å². The normalized spacial score (nSPS) is 15.8. The van der Waals surface area contributed by atoms with Crippen LogP contribution in [-0.4, -0.2) is 58.5 Å². The van der Waals surface area contributed by atoms with Gasteiger partial charge in [-0.3, -0.25) is 14.7 Å². The third-order valence-electron chi connectivity index (χ3n) is 4.30. The molecule has 1 aromatic heterocycles. The number of likely N-dealkylation sites (N-methyl/N-ethyl adjacent to an activating group) is 2. The molecule has 0 unspecified atom stereocenters. The zero-order chi connectivity index (χ0) is 15.4. The van der Waals surface area contributed by atoms with Crippen molar-refractivity contribution >= 4 is 11.8 Å². The molecule has 21 heavy (non-hydrogen) atoms. The molecule has 1 fully saturated rings. The fraction of sp³-hybridized carbons (Fsp3) is 0.667. The maximum Gasteiger partial charge on any atom is 0.257 e. The Morgan fingerprint density at radius 2 is 1.95 bits per heavy atom. The summed E-state index contributed by atoms with van der Waals surface area (Å²) in [5.41, 5.74) is 1.24. The Balaban J connectivity index is 1.92. The van der Waals surface area contributed by atoms with Crippen molar-refractivity contribution in [2.24, 2.45) is 0 Å². The number of aryl methyl sites for hydroxylation is 1. The SMILES string of the molecule is Cc1[nH]ncc1C(=O)N(C)CC(=O)N(C)C1CCCCC1. The molecule has 2 rings (SSSR count). The third kappa shape index (κ3) is 3.62. The number of aromatic amines is 1. The molecule has 1 heterocycles. The molecule has 0 spiro atoms. The molecule has 6 heteroatoms. The minimum atomic E-state index is -0.174. The van der Waals surface area contributed by atoms with Gasteiger partial charge in [0.15, 0.2) is 0 Å². The van der Waals surface area contributed by atoms with Gasteiger partial charge in [0.1, 0.15) is 0 Å². The second-order valence-electron chi connectivity index (χ2n) is 5.87. The summed E-state index contributed by atoms with van der Waals surface area (Å²) in [6, 6.07) is 0.324. The standard InChI is InChI=1S/C15H24N4O2/c1-11-13(9-16-17-11)15(21)18(2)10-14(20)19(3)12-7-5-4-6-8-12/h9,12H,4-8,10H2,1-3H3,(H,16,17). The minimum Gasteiger partial charge on any atom is -0.341 e. The first-order valence-electron chi connectivity index (χ1n) is 7.51. The van der Waals surface area contributed by atoms with Gasteiger partial charge in [0.25, 0.3) is 5.91 Å². The lowest BCUT2D eigenvalue weighted by Crippen LogP contribution is -2.44. The topological polar surface area (TPSA) is 69.3 Å². The predicted octanol–water partition coefficient (Wildman–Crippen LogP) is 1.58. The number of carbonyl (C=O) groups is 2. The van der Waals surface area contributed by atoms with Gasteiger partial charge in [0, 0.05) is 25.8 Å². The Bertz CT molecular complexity index is 506. The molecule has 1 N–H and O–H groups in total. The Morgan fingerprint density at radius 3 is 2.52 bits per heavy atom. The van der Waals surface area contributed by atoms with Gasteiger partial charge in [-0.1, -0.05) is 19.3 Å². The second-order valence-corrected chi connectivity index (χ2v) is 5.87. The number of nitrogens with zero attached hydrogens (tertiary/aromatic N) is 3. The molecule has 116 valence electrons. The molecule has 2 amide bonds. The van der Waals surface area contributed by atoms with Crippen LogP contribution in [0.15, 0.2) is 6.20 Å². The summed E-state index contributed by atoms with van der Waals surface area (Å²) < 4.78 is 0. The summed E-state index contributed by atoms with van der Waals surface area (Å²) in [6.07, 6.45) is 7.28. The van der Waals surface area contributed by atoms with E-state index in [-0.39, 0.29) is 18.4 Å². The fourth-order valence-corrected chi connectivity index (χ4v) is 2.83. The van der Waals surface area contributed by atoms with Crippen molar-refractivity contribution in [1.82, 2.24) is 20.0 Å². The highest BCUT2D eigenvalue weighted by Gasteiger charge is 2.24. The van der Waals surface area contributed by atoms with Crippen LogP contribution < -0.4 is 0 Å². The first-order chi connectivity index (χ1) is 10.0. The van der Waals surface area contributed by atoms with E-state index in [2.05, 4.69) is 10.2 Å². The largest absolute Gasteiger partial charge is 0.341 e. The van der Waals surface area contributed by atoms with Gasteiger partial charge in [-0.15, -0.1) is 0 Å². The van der Waals surface area contributed by atoms with E-state index in [0.29, 0.717) is 11.6 Å². The zero-order valence-corrected chi connectivity index (χ0v) is 13.1. The van der Waals surface area contributed by atoms with Gasteiger partial charge in [0.05, 0.1) is 18.3 Å². The molecular weight excluding hydrogens is 268 g/mol. The Hall–Kier alpha value is -1.85. The van der Waals surface area contributed by atoms with Crippen molar-refractivity contribution in [2.75, 3.05) is 20.6 Å². The molecule has 1 saturated carbocycles. The molecule has 0 bridgehead atoms.